The van der Waals surface area contributed by atoms with Crippen molar-refractivity contribution in [2.45, 2.75) is 46.1 Å². The van der Waals surface area contributed by atoms with Gasteiger partial charge in [-0.2, -0.15) is 0 Å². The van der Waals surface area contributed by atoms with Gasteiger partial charge >= 0.3 is 0 Å². The second kappa shape index (κ2) is 5.72. The van der Waals surface area contributed by atoms with Gasteiger partial charge in [-0.25, -0.2) is 4.98 Å². The molecule has 0 saturated carbocycles. The molecular formula is C14H23ClN2. The van der Waals surface area contributed by atoms with E-state index in [9.17, 15) is 0 Å². The van der Waals surface area contributed by atoms with Gasteiger partial charge in [-0.1, -0.05) is 40.7 Å². The fourth-order valence-corrected chi connectivity index (χ4v) is 1.93. The molecule has 0 radical (unpaired) electrons. The van der Waals surface area contributed by atoms with E-state index in [0.29, 0.717) is 11.8 Å². The van der Waals surface area contributed by atoms with Crippen molar-refractivity contribution in [1.82, 2.24) is 4.98 Å². The van der Waals surface area contributed by atoms with Gasteiger partial charge in [-0.3, -0.25) is 0 Å². The molecule has 0 amide bonds. The Balaban J connectivity index is 2.75. The molecule has 1 N–H and O–H groups in total. The molecule has 1 heterocycles. The van der Waals surface area contributed by atoms with Gasteiger partial charge in [0.1, 0.15) is 5.82 Å². The van der Waals surface area contributed by atoms with Crippen molar-refractivity contribution < 1.29 is 0 Å². The number of alkyl halides is 1. The molecule has 0 spiro atoms. The number of aromatic nitrogens is 1. The van der Waals surface area contributed by atoms with E-state index in [1.807, 2.05) is 12.3 Å². The number of hydrogen-bond acceptors (Lipinski definition) is 2. The third-order valence-corrected chi connectivity index (χ3v) is 3.27. The molecule has 0 bridgehead atoms. The first-order chi connectivity index (χ1) is 7.84. The Bertz CT molecular complexity index is 338. The van der Waals surface area contributed by atoms with E-state index in [0.717, 1.165) is 5.82 Å². The highest BCUT2D eigenvalue weighted by Crippen LogP contribution is 2.22. The lowest BCUT2D eigenvalue weighted by atomic mass is 9.88. The van der Waals surface area contributed by atoms with Gasteiger partial charge in [-0.15, -0.1) is 11.6 Å². The first-order valence-corrected chi connectivity index (χ1v) is 6.67. The smallest absolute Gasteiger partial charge is 0.126 e. The first kappa shape index (κ1) is 14.3. The highest BCUT2D eigenvalue weighted by Gasteiger charge is 2.15. The van der Waals surface area contributed by atoms with Crippen LogP contribution in [-0.4, -0.2) is 16.9 Å². The summed E-state index contributed by atoms with van der Waals surface area (Å²) in [6.45, 7) is 10.9. The van der Waals surface area contributed by atoms with Crippen LogP contribution in [0, 0.1) is 5.92 Å². The van der Waals surface area contributed by atoms with Crippen LogP contribution in [0.25, 0.3) is 0 Å². The largest absolute Gasteiger partial charge is 0.366 e. The average Bonchev–Trinajstić information content (AvgIpc) is 2.25. The van der Waals surface area contributed by atoms with Crippen LogP contribution in [-0.2, 0) is 5.41 Å². The zero-order chi connectivity index (χ0) is 13.1. The van der Waals surface area contributed by atoms with E-state index < -0.39 is 0 Å². The van der Waals surface area contributed by atoms with E-state index in [1.54, 1.807) is 0 Å². The highest BCUT2D eigenvalue weighted by atomic mass is 35.5. The summed E-state index contributed by atoms with van der Waals surface area (Å²) in [5.74, 6) is 1.99. The Morgan fingerprint density at radius 2 is 1.94 bits per heavy atom. The summed E-state index contributed by atoms with van der Waals surface area (Å²) in [7, 11) is 0. The number of nitrogens with one attached hydrogen (secondary N) is 1. The Kier molecular flexibility index (Phi) is 4.81. The summed E-state index contributed by atoms with van der Waals surface area (Å²) in [4.78, 5) is 4.45. The number of pyridine rings is 1. The maximum absolute atomic E-state index is 5.93. The first-order valence-electron chi connectivity index (χ1n) is 6.13. The summed E-state index contributed by atoms with van der Waals surface area (Å²) >= 11 is 5.93. The minimum Gasteiger partial charge on any atom is -0.366 e. The monoisotopic (exact) mass is 254 g/mol. The normalized spacial score (nSPS) is 13.8. The minimum atomic E-state index is 0.148. The lowest BCUT2D eigenvalue weighted by Crippen LogP contribution is -2.27. The number of hydrogen-bond donors (Lipinski definition) is 1. The summed E-state index contributed by atoms with van der Waals surface area (Å²) < 4.78 is 0. The fourth-order valence-electron chi connectivity index (χ4n) is 1.50. The van der Waals surface area contributed by atoms with Gasteiger partial charge in [0.15, 0.2) is 0 Å². The van der Waals surface area contributed by atoms with Crippen LogP contribution in [0.5, 0.6) is 0 Å². The molecule has 96 valence electrons. The van der Waals surface area contributed by atoms with Crippen molar-refractivity contribution in [3.63, 3.8) is 0 Å². The van der Waals surface area contributed by atoms with E-state index in [1.165, 1.54) is 5.56 Å². The summed E-state index contributed by atoms with van der Waals surface area (Å²) in [6.07, 6.45) is 1.94. The molecule has 0 fully saturated rings. The molecular weight excluding hydrogens is 232 g/mol. The van der Waals surface area contributed by atoms with Crippen molar-refractivity contribution in [2.24, 2.45) is 5.92 Å². The number of rotatable bonds is 4. The van der Waals surface area contributed by atoms with Gasteiger partial charge in [0.2, 0.25) is 0 Å². The molecule has 0 aliphatic rings. The second-order valence-electron chi connectivity index (χ2n) is 5.83. The molecule has 17 heavy (non-hydrogen) atoms. The predicted molar refractivity (Wildman–Crippen MR) is 75.9 cm³/mol. The molecule has 1 atom stereocenters. The zero-order valence-corrected chi connectivity index (χ0v) is 12.2. The Hall–Kier alpha value is -0.760. The third kappa shape index (κ3) is 4.19. The van der Waals surface area contributed by atoms with E-state index in [4.69, 9.17) is 11.6 Å². The van der Waals surface area contributed by atoms with Crippen LogP contribution >= 0.6 is 11.6 Å². The Labute approximate surface area is 110 Å². The van der Waals surface area contributed by atoms with Crippen LogP contribution in [0.3, 0.4) is 0 Å². The topological polar surface area (TPSA) is 24.9 Å². The number of nitrogens with zero attached hydrogens (tertiary/aromatic N) is 1. The van der Waals surface area contributed by atoms with Crippen molar-refractivity contribution in [3.8, 4) is 0 Å². The van der Waals surface area contributed by atoms with Gasteiger partial charge < -0.3 is 5.32 Å². The Morgan fingerprint density at radius 1 is 1.29 bits per heavy atom. The van der Waals surface area contributed by atoms with Crippen LogP contribution < -0.4 is 5.32 Å². The highest BCUT2D eigenvalue weighted by molar-refractivity contribution is 6.18. The van der Waals surface area contributed by atoms with E-state index in [2.05, 4.69) is 51.0 Å². The van der Waals surface area contributed by atoms with Crippen LogP contribution in [0.4, 0.5) is 5.82 Å². The van der Waals surface area contributed by atoms with Crippen molar-refractivity contribution in [2.75, 3.05) is 11.2 Å². The zero-order valence-electron chi connectivity index (χ0n) is 11.4. The molecule has 0 aliphatic carbocycles. The number of halogens is 1. The fraction of sp³-hybridized carbons (Fsp3) is 0.643. The average molecular weight is 255 g/mol. The van der Waals surface area contributed by atoms with E-state index >= 15 is 0 Å². The molecule has 3 heteroatoms. The van der Waals surface area contributed by atoms with Crippen molar-refractivity contribution in [1.29, 1.82) is 0 Å². The maximum Gasteiger partial charge on any atom is 0.126 e. The molecule has 0 aromatic carbocycles. The molecule has 1 unspecified atom stereocenters. The number of anilines is 1. The quantitative estimate of drug-likeness (QED) is 0.820. The Morgan fingerprint density at radius 3 is 2.29 bits per heavy atom. The molecule has 1 aromatic rings. The van der Waals surface area contributed by atoms with Gasteiger partial charge in [-0.05, 0) is 23.0 Å². The van der Waals surface area contributed by atoms with E-state index in [-0.39, 0.29) is 11.5 Å². The molecule has 1 rings (SSSR count). The molecule has 0 saturated heterocycles. The van der Waals surface area contributed by atoms with Gasteiger partial charge in [0.05, 0.1) is 0 Å². The molecule has 1 aromatic heterocycles. The third-order valence-electron chi connectivity index (χ3n) is 2.93. The standard InChI is InChI=1S/C14H23ClN2/c1-10(2)12(8-15)17-13-7-6-11(9-16-13)14(3,4)5/h6-7,9-10,12H,8H2,1-5H3,(H,16,17). The SMILES string of the molecule is CC(C)C(CCl)Nc1ccc(C(C)(C)C)cn1. The van der Waals surface area contributed by atoms with Gasteiger partial charge in [0, 0.05) is 18.1 Å². The second-order valence-corrected chi connectivity index (χ2v) is 6.14. The molecule has 0 aliphatic heterocycles. The summed E-state index contributed by atoms with van der Waals surface area (Å²) in [5, 5.41) is 3.36. The summed E-state index contributed by atoms with van der Waals surface area (Å²) in [5.41, 5.74) is 1.39. The lowest BCUT2D eigenvalue weighted by molar-refractivity contribution is 0.561. The predicted octanol–water partition coefficient (Wildman–Crippen LogP) is 4.05. The maximum atomic E-state index is 5.93. The van der Waals surface area contributed by atoms with Crippen molar-refractivity contribution >= 4 is 17.4 Å². The lowest BCUT2D eigenvalue weighted by Gasteiger charge is -2.22. The van der Waals surface area contributed by atoms with Crippen LogP contribution in [0.2, 0.25) is 0 Å². The minimum absolute atomic E-state index is 0.148. The van der Waals surface area contributed by atoms with Crippen molar-refractivity contribution in [3.05, 3.63) is 23.9 Å². The molecule has 2 nitrogen and oxygen atoms in total. The van der Waals surface area contributed by atoms with Crippen LogP contribution in [0.1, 0.15) is 40.2 Å². The van der Waals surface area contributed by atoms with Gasteiger partial charge in [0.25, 0.3) is 0 Å². The van der Waals surface area contributed by atoms with Crippen LogP contribution in [0.15, 0.2) is 18.3 Å². The summed E-state index contributed by atoms with van der Waals surface area (Å²) in [6, 6.07) is 4.42.